The molecule has 1 aromatic carbocycles. The third kappa shape index (κ3) is 2.29. The summed E-state index contributed by atoms with van der Waals surface area (Å²) in [4.78, 5) is 11.2. The molecule has 1 aromatic rings. The van der Waals surface area contributed by atoms with E-state index < -0.39 is 5.82 Å². The summed E-state index contributed by atoms with van der Waals surface area (Å²) in [6.07, 6.45) is 0. The lowest BCUT2D eigenvalue weighted by Crippen LogP contribution is -2.02. The number of halogens is 3. The molecule has 0 amide bonds. The van der Waals surface area contributed by atoms with Gasteiger partial charge in [0.1, 0.15) is 5.82 Å². The number of carbonyl (C=O) groups is 1. The predicted molar refractivity (Wildman–Crippen MR) is 53.9 cm³/mol. The predicted octanol–water partition coefficient (Wildman–Crippen LogP) is 3.32. The topological polar surface area (TPSA) is 17.1 Å². The van der Waals surface area contributed by atoms with Crippen molar-refractivity contribution in [2.24, 2.45) is 0 Å². The molecule has 4 heteroatoms. The van der Waals surface area contributed by atoms with Crippen LogP contribution in [0.5, 0.6) is 0 Å². The lowest BCUT2D eigenvalue weighted by atomic mass is 10.1. The standard InChI is InChI=1S/C9H7BrClFO/c1-5-2-7(10)6(3-8(5)12)9(13)4-11/h2-3H,4H2,1H3. The van der Waals surface area contributed by atoms with E-state index in [1.165, 1.54) is 6.07 Å². The summed E-state index contributed by atoms with van der Waals surface area (Å²) >= 11 is 8.53. The maximum Gasteiger partial charge on any atom is 0.178 e. The van der Waals surface area contributed by atoms with E-state index in [1.54, 1.807) is 13.0 Å². The van der Waals surface area contributed by atoms with Gasteiger partial charge in [0, 0.05) is 10.0 Å². The molecule has 1 nitrogen and oxygen atoms in total. The summed E-state index contributed by atoms with van der Waals surface area (Å²) in [6, 6.07) is 2.76. The normalized spacial score (nSPS) is 10.2. The van der Waals surface area contributed by atoms with E-state index in [0.717, 1.165) is 0 Å². The molecule has 0 unspecified atom stereocenters. The van der Waals surface area contributed by atoms with E-state index in [9.17, 15) is 9.18 Å². The Balaban J connectivity index is 3.23. The Morgan fingerprint density at radius 1 is 1.62 bits per heavy atom. The Bertz CT molecular complexity index is 352. The van der Waals surface area contributed by atoms with Crippen molar-refractivity contribution < 1.29 is 9.18 Å². The molecule has 70 valence electrons. The first-order chi connectivity index (χ1) is 6.06. The fourth-order valence-electron chi connectivity index (χ4n) is 0.932. The lowest BCUT2D eigenvalue weighted by molar-refractivity contribution is 0.102. The minimum Gasteiger partial charge on any atom is -0.293 e. The highest BCUT2D eigenvalue weighted by molar-refractivity contribution is 9.10. The first kappa shape index (κ1) is 10.7. The molecule has 0 fully saturated rings. The molecule has 1 rings (SSSR count). The van der Waals surface area contributed by atoms with Crippen LogP contribution in [0.15, 0.2) is 16.6 Å². The van der Waals surface area contributed by atoms with E-state index in [1.807, 2.05) is 0 Å². The van der Waals surface area contributed by atoms with Crippen molar-refractivity contribution in [1.82, 2.24) is 0 Å². The smallest absolute Gasteiger partial charge is 0.178 e. The number of carbonyl (C=O) groups excluding carboxylic acids is 1. The van der Waals surface area contributed by atoms with Crippen LogP contribution in [-0.2, 0) is 0 Å². The van der Waals surface area contributed by atoms with Crippen LogP contribution >= 0.6 is 27.5 Å². The molecular weight excluding hydrogens is 258 g/mol. The van der Waals surface area contributed by atoms with Gasteiger partial charge in [-0.05, 0) is 24.6 Å². The van der Waals surface area contributed by atoms with Crippen molar-refractivity contribution in [2.75, 3.05) is 5.88 Å². The van der Waals surface area contributed by atoms with Crippen molar-refractivity contribution in [1.29, 1.82) is 0 Å². The quantitative estimate of drug-likeness (QED) is 0.592. The van der Waals surface area contributed by atoms with Crippen molar-refractivity contribution in [3.05, 3.63) is 33.5 Å². The Labute approximate surface area is 89.0 Å². The van der Waals surface area contributed by atoms with Crippen molar-refractivity contribution >= 4 is 33.3 Å². The van der Waals surface area contributed by atoms with Crippen molar-refractivity contribution in [3.63, 3.8) is 0 Å². The highest BCUT2D eigenvalue weighted by Crippen LogP contribution is 2.21. The largest absolute Gasteiger partial charge is 0.293 e. The number of hydrogen-bond donors (Lipinski definition) is 0. The van der Waals surface area contributed by atoms with Gasteiger partial charge in [0.15, 0.2) is 5.78 Å². The third-order valence-electron chi connectivity index (χ3n) is 1.67. The summed E-state index contributed by atoms with van der Waals surface area (Å²) < 4.78 is 13.6. The molecule has 0 N–H and O–H groups in total. The lowest BCUT2D eigenvalue weighted by Gasteiger charge is -2.03. The maximum absolute atomic E-state index is 13.0. The molecule has 0 saturated carbocycles. The molecule has 0 bridgehead atoms. The monoisotopic (exact) mass is 264 g/mol. The first-order valence-electron chi connectivity index (χ1n) is 3.61. The molecule has 0 aliphatic rings. The second-order valence-corrected chi connectivity index (χ2v) is 3.76. The minimum absolute atomic E-state index is 0.138. The van der Waals surface area contributed by atoms with E-state index in [-0.39, 0.29) is 17.2 Å². The molecule has 0 aliphatic heterocycles. The van der Waals surface area contributed by atoms with Crippen LogP contribution in [0.25, 0.3) is 0 Å². The Kier molecular flexibility index (Phi) is 3.45. The molecule has 0 atom stereocenters. The first-order valence-corrected chi connectivity index (χ1v) is 4.94. The number of aryl methyl sites for hydroxylation is 1. The SMILES string of the molecule is Cc1cc(Br)c(C(=O)CCl)cc1F. The minimum atomic E-state index is -0.392. The van der Waals surface area contributed by atoms with Crippen LogP contribution in [0, 0.1) is 12.7 Å². The summed E-state index contributed by atoms with van der Waals surface area (Å²) in [5.41, 5.74) is 0.788. The highest BCUT2D eigenvalue weighted by atomic mass is 79.9. The summed E-state index contributed by atoms with van der Waals surface area (Å²) in [5, 5.41) is 0. The van der Waals surface area contributed by atoms with E-state index in [0.29, 0.717) is 10.0 Å². The van der Waals surface area contributed by atoms with Crippen LogP contribution < -0.4 is 0 Å². The Hall–Kier alpha value is -0.410. The molecule has 0 radical (unpaired) electrons. The molecule has 0 aliphatic carbocycles. The van der Waals surface area contributed by atoms with Crippen LogP contribution in [0.1, 0.15) is 15.9 Å². The molecule has 13 heavy (non-hydrogen) atoms. The zero-order chi connectivity index (χ0) is 10.0. The number of benzene rings is 1. The Morgan fingerprint density at radius 2 is 2.23 bits per heavy atom. The zero-order valence-electron chi connectivity index (χ0n) is 6.90. The highest BCUT2D eigenvalue weighted by Gasteiger charge is 2.11. The number of hydrogen-bond acceptors (Lipinski definition) is 1. The van der Waals surface area contributed by atoms with Gasteiger partial charge < -0.3 is 0 Å². The second-order valence-electron chi connectivity index (χ2n) is 2.64. The fourth-order valence-corrected chi connectivity index (χ4v) is 1.75. The van der Waals surface area contributed by atoms with E-state index in [4.69, 9.17) is 11.6 Å². The van der Waals surface area contributed by atoms with Gasteiger partial charge in [-0.25, -0.2) is 4.39 Å². The van der Waals surface area contributed by atoms with Gasteiger partial charge in [-0.2, -0.15) is 0 Å². The van der Waals surface area contributed by atoms with Gasteiger partial charge in [-0.1, -0.05) is 15.9 Å². The van der Waals surface area contributed by atoms with Gasteiger partial charge in [0.2, 0.25) is 0 Å². The zero-order valence-corrected chi connectivity index (χ0v) is 9.25. The molecular formula is C9H7BrClFO. The number of Topliss-reactive ketones (excluding diaryl/α,β-unsaturated/α-hetero) is 1. The van der Waals surface area contributed by atoms with Crippen molar-refractivity contribution in [2.45, 2.75) is 6.92 Å². The van der Waals surface area contributed by atoms with Crippen LogP contribution in [0.3, 0.4) is 0 Å². The number of ketones is 1. The molecule has 0 heterocycles. The van der Waals surface area contributed by atoms with Gasteiger partial charge in [0.05, 0.1) is 5.88 Å². The number of alkyl halides is 1. The Morgan fingerprint density at radius 3 is 2.77 bits per heavy atom. The molecule has 0 aromatic heterocycles. The van der Waals surface area contributed by atoms with Crippen molar-refractivity contribution in [3.8, 4) is 0 Å². The molecule has 0 spiro atoms. The third-order valence-corrected chi connectivity index (χ3v) is 2.57. The van der Waals surface area contributed by atoms with Crippen LogP contribution in [0.4, 0.5) is 4.39 Å². The number of rotatable bonds is 2. The fraction of sp³-hybridized carbons (Fsp3) is 0.222. The summed E-state index contributed by atoms with van der Waals surface area (Å²) in [6.45, 7) is 1.63. The average Bonchev–Trinajstić information content (AvgIpc) is 2.10. The van der Waals surface area contributed by atoms with Gasteiger partial charge in [-0.3, -0.25) is 4.79 Å². The maximum atomic E-state index is 13.0. The average molecular weight is 266 g/mol. The van der Waals surface area contributed by atoms with Crippen LogP contribution in [-0.4, -0.2) is 11.7 Å². The van der Waals surface area contributed by atoms with Gasteiger partial charge >= 0.3 is 0 Å². The summed E-state index contributed by atoms with van der Waals surface area (Å²) in [5.74, 6) is -0.815. The van der Waals surface area contributed by atoms with Gasteiger partial charge in [0.25, 0.3) is 0 Å². The van der Waals surface area contributed by atoms with E-state index >= 15 is 0 Å². The second kappa shape index (κ2) is 4.20. The van der Waals surface area contributed by atoms with Gasteiger partial charge in [-0.15, -0.1) is 11.6 Å². The summed E-state index contributed by atoms with van der Waals surface area (Å²) in [7, 11) is 0. The van der Waals surface area contributed by atoms with Crippen LogP contribution in [0.2, 0.25) is 0 Å². The molecule has 0 saturated heterocycles. The van der Waals surface area contributed by atoms with E-state index in [2.05, 4.69) is 15.9 Å².